The van der Waals surface area contributed by atoms with E-state index in [0.717, 1.165) is 0 Å². The van der Waals surface area contributed by atoms with Gasteiger partial charge in [-0.05, 0) is 34.5 Å². The molecule has 0 saturated carbocycles. The van der Waals surface area contributed by atoms with Crippen LogP contribution in [0.2, 0.25) is 0 Å². The molecule has 0 aliphatic heterocycles. The van der Waals surface area contributed by atoms with Crippen LogP contribution in [0.5, 0.6) is 0 Å². The summed E-state index contributed by atoms with van der Waals surface area (Å²) in [6.07, 6.45) is 0.322. The number of benzene rings is 1. The minimum Gasteiger partial charge on any atom is -0.478 e. The highest BCUT2D eigenvalue weighted by Gasteiger charge is 2.19. The number of aromatic carboxylic acids is 1. The lowest BCUT2D eigenvalue weighted by molar-refractivity contribution is 0.0698. The molecule has 9 heteroatoms. The summed E-state index contributed by atoms with van der Waals surface area (Å²) in [4.78, 5) is 11.2. The molecule has 0 amide bonds. The van der Waals surface area contributed by atoms with Crippen LogP contribution >= 0.6 is 31.9 Å². The average Bonchev–Trinajstić information content (AvgIpc) is 2.32. The number of methoxy groups -OCH3 is 1. The molecule has 20 heavy (non-hydrogen) atoms. The SMILES string of the molecule is COCCCS(=O)(=O)Nc1c(Br)cc(Br)cc1C(=O)O. The van der Waals surface area contributed by atoms with Crippen LogP contribution in [0, 0.1) is 0 Å². The van der Waals surface area contributed by atoms with Crippen molar-refractivity contribution in [3.63, 3.8) is 0 Å². The van der Waals surface area contributed by atoms with E-state index >= 15 is 0 Å². The molecule has 0 aromatic heterocycles. The van der Waals surface area contributed by atoms with E-state index in [-0.39, 0.29) is 17.0 Å². The molecule has 0 fully saturated rings. The van der Waals surface area contributed by atoms with E-state index in [1.165, 1.54) is 13.2 Å². The van der Waals surface area contributed by atoms with Gasteiger partial charge in [-0.2, -0.15) is 0 Å². The van der Waals surface area contributed by atoms with Crippen molar-refractivity contribution in [1.82, 2.24) is 0 Å². The molecule has 0 heterocycles. The van der Waals surface area contributed by atoms with Crippen molar-refractivity contribution in [2.75, 3.05) is 24.2 Å². The molecule has 0 unspecified atom stereocenters. The number of rotatable bonds is 7. The van der Waals surface area contributed by atoms with Gasteiger partial charge in [0.2, 0.25) is 10.0 Å². The van der Waals surface area contributed by atoms with Gasteiger partial charge in [0.1, 0.15) is 0 Å². The van der Waals surface area contributed by atoms with Crippen molar-refractivity contribution in [1.29, 1.82) is 0 Å². The van der Waals surface area contributed by atoms with Gasteiger partial charge < -0.3 is 9.84 Å². The smallest absolute Gasteiger partial charge is 0.337 e. The summed E-state index contributed by atoms with van der Waals surface area (Å²) >= 11 is 6.32. The Hall–Kier alpha value is -0.640. The maximum atomic E-state index is 11.9. The predicted molar refractivity (Wildman–Crippen MR) is 82.7 cm³/mol. The van der Waals surface area contributed by atoms with Crippen molar-refractivity contribution in [3.05, 3.63) is 26.6 Å². The van der Waals surface area contributed by atoms with E-state index in [2.05, 4.69) is 36.6 Å². The number of anilines is 1. The Balaban J connectivity index is 3.05. The minimum absolute atomic E-state index is 0.0121. The number of carboxylic acid groups (broad SMARTS) is 1. The molecule has 1 aromatic rings. The average molecular weight is 431 g/mol. The molecule has 1 rings (SSSR count). The van der Waals surface area contributed by atoms with Crippen LogP contribution < -0.4 is 4.72 Å². The number of nitrogens with one attached hydrogen (secondary N) is 1. The summed E-state index contributed by atoms with van der Waals surface area (Å²) < 4.78 is 31.7. The summed E-state index contributed by atoms with van der Waals surface area (Å²) in [5, 5.41) is 9.13. The minimum atomic E-state index is -3.64. The Morgan fingerprint density at radius 3 is 2.60 bits per heavy atom. The monoisotopic (exact) mass is 429 g/mol. The fourth-order valence-electron chi connectivity index (χ4n) is 1.45. The number of halogens is 2. The maximum Gasteiger partial charge on any atom is 0.337 e. The molecule has 0 atom stereocenters. The van der Waals surface area contributed by atoms with Crippen molar-refractivity contribution in [2.45, 2.75) is 6.42 Å². The van der Waals surface area contributed by atoms with Crippen LogP contribution in [-0.4, -0.2) is 39.0 Å². The molecule has 6 nitrogen and oxygen atoms in total. The zero-order valence-corrected chi connectivity index (χ0v) is 14.5. The third-order valence-electron chi connectivity index (χ3n) is 2.30. The van der Waals surface area contributed by atoms with Crippen LogP contribution in [0.1, 0.15) is 16.8 Å². The fourth-order valence-corrected chi connectivity index (χ4v) is 4.03. The third kappa shape index (κ3) is 5.04. The van der Waals surface area contributed by atoms with Crippen LogP contribution in [0.25, 0.3) is 0 Å². The summed E-state index contributed by atoms with van der Waals surface area (Å²) in [6.45, 7) is 0.314. The lowest BCUT2D eigenvalue weighted by atomic mass is 10.2. The van der Waals surface area contributed by atoms with Crippen molar-refractivity contribution < 1.29 is 23.1 Å². The number of hydrogen-bond donors (Lipinski definition) is 2. The lowest BCUT2D eigenvalue weighted by Gasteiger charge is -2.13. The highest BCUT2D eigenvalue weighted by molar-refractivity contribution is 9.11. The van der Waals surface area contributed by atoms with Gasteiger partial charge in [0.15, 0.2) is 0 Å². The summed E-state index contributed by atoms with van der Waals surface area (Å²) in [6, 6.07) is 2.90. The molecule has 1 aromatic carbocycles. The van der Waals surface area contributed by atoms with Gasteiger partial charge in [0, 0.05) is 22.7 Å². The zero-order valence-electron chi connectivity index (χ0n) is 10.5. The second kappa shape index (κ2) is 7.39. The largest absolute Gasteiger partial charge is 0.478 e. The first-order valence-corrected chi connectivity index (χ1v) is 8.72. The van der Waals surface area contributed by atoms with Gasteiger partial charge >= 0.3 is 5.97 Å². The van der Waals surface area contributed by atoms with Gasteiger partial charge in [-0.15, -0.1) is 0 Å². The van der Waals surface area contributed by atoms with Gasteiger partial charge in [-0.25, -0.2) is 13.2 Å². The van der Waals surface area contributed by atoms with Crippen molar-refractivity contribution in [2.24, 2.45) is 0 Å². The topological polar surface area (TPSA) is 92.7 Å². The molecular weight excluding hydrogens is 418 g/mol. The van der Waals surface area contributed by atoms with E-state index in [4.69, 9.17) is 9.84 Å². The molecule has 2 N–H and O–H groups in total. The maximum absolute atomic E-state index is 11.9. The Kier molecular flexibility index (Phi) is 6.44. The van der Waals surface area contributed by atoms with E-state index in [0.29, 0.717) is 22.0 Å². The third-order valence-corrected chi connectivity index (χ3v) is 4.73. The number of carbonyl (C=O) groups is 1. The number of carboxylic acids is 1. The van der Waals surface area contributed by atoms with Gasteiger partial charge in [0.25, 0.3) is 0 Å². The Bertz CT molecular complexity index is 603. The van der Waals surface area contributed by atoms with Gasteiger partial charge in [-0.3, -0.25) is 4.72 Å². The number of sulfonamides is 1. The number of ether oxygens (including phenoxy) is 1. The standard InChI is InChI=1S/C11H13Br2NO5S/c1-19-3-2-4-20(17,18)14-10-8(11(15)16)5-7(12)6-9(10)13/h5-6,14H,2-4H2,1H3,(H,15,16). The van der Waals surface area contributed by atoms with Gasteiger partial charge in [-0.1, -0.05) is 15.9 Å². The lowest BCUT2D eigenvalue weighted by Crippen LogP contribution is -2.20. The highest BCUT2D eigenvalue weighted by Crippen LogP contribution is 2.31. The summed E-state index contributed by atoms with van der Waals surface area (Å²) in [7, 11) is -2.16. The predicted octanol–water partition coefficient (Wildman–Crippen LogP) is 2.69. The van der Waals surface area contributed by atoms with E-state index in [1.54, 1.807) is 6.07 Å². The Morgan fingerprint density at radius 2 is 2.05 bits per heavy atom. The van der Waals surface area contributed by atoms with Gasteiger partial charge in [0.05, 0.1) is 17.0 Å². The second-order valence-electron chi connectivity index (χ2n) is 3.88. The Labute approximate surface area is 133 Å². The molecule has 0 radical (unpaired) electrons. The van der Waals surface area contributed by atoms with E-state index < -0.39 is 16.0 Å². The van der Waals surface area contributed by atoms with E-state index in [1.807, 2.05) is 0 Å². The van der Waals surface area contributed by atoms with E-state index in [9.17, 15) is 13.2 Å². The number of hydrogen-bond acceptors (Lipinski definition) is 4. The first-order chi connectivity index (χ1) is 9.26. The Morgan fingerprint density at radius 1 is 1.40 bits per heavy atom. The van der Waals surface area contributed by atoms with Crippen LogP contribution in [0.15, 0.2) is 21.1 Å². The fraction of sp³-hybridized carbons (Fsp3) is 0.364. The zero-order chi connectivity index (χ0) is 15.3. The van der Waals surface area contributed by atoms with Crippen molar-refractivity contribution >= 4 is 53.5 Å². The molecular formula is C11H13Br2NO5S. The first-order valence-electron chi connectivity index (χ1n) is 5.48. The second-order valence-corrected chi connectivity index (χ2v) is 7.49. The quantitative estimate of drug-likeness (QED) is 0.648. The van der Waals surface area contributed by atoms with Crippen molar-refractivity contribution in [3.8, 4) is 0 Å². The van der Waals surface area contributed by atoms with Crippen LogP contribution in [-0.2, 0) is 14.8 Å². The normalized spacial score (nSPS) is 11.3. The molecule has 0 spiro atoms. The molecule has 0 bridgehead atoms. The first kappa shape index (κ1) is 17.4. The molecule has 0 aliphatic rings. The molecule has 0 saturated heterocycles. The molecule has 0 aliphatic carbocycles. The van der Waals surface area contributed by atoms with Crippen LogP contribution in [0.4, 0.5) is 5.69 Å². The molecule has 112 valence electrons. The van der Waals surface area contributed by atoms with Crippen LogP contribution in [0.3, 0.4) is 0 Å². The highest BCUT2D eigenvalue weighted by atomic mass is 79.9. The summed E-state index contributed by atoms with van der Waals surface area (Å²) in [5.41, 5.74) is -0.125. The summed E-state index contributed by atoms with van der Waals surface area (Å²) in [5.74, 6) is -1.37.